The van der Waals surface area contributed by atoms with Gasteiger partial charge in [-0.3, -0.25) is 0 Å². The van der Waals surface area contributed by atoms with Crippen LogP contribution in [0.15, 0.2) is 24.3 Å². The molecule has 2 atom stereocenters. The van der Waals surface area contributed by atoms with Crippen molar-refractivity contribution in [2.45, 2.75) is 51.2 Å². The minimum Gasteiger partial charge on any atom is -0.378 e. The molecule has 0 bridgehead atoms. The second kappa shape index (κ2) is 6.08. The normalized spacial score (nSPS) is 26.7. The summed E-state index contributed by atoms with van der Waals surface area (Å²) in [5.74, 6) is 0. The van der Waals surface area contributed by atoms with E-state index in [4.69, 9.17) is 4.74 Å². The number of anilines is 1. The summed E-state index contributed by atoms with van der Waals surface area (Å²) in [6, 6.07) is 10.7. The molecule has 1 heterocycles. The van der Waals surface area contributed by atoms with E-state index in [1.54, 1.807) is 0 Å². The second-order valence-corrected chi connectivity index (χ2v) is 5.42. The summed E-state index contributed by atoms with van der Waals surface area (Å²) in [4.78, 5) is 0. The van der Waals surface area contributed by atoms with E-state index in [1.165, 1.54) is 5.56 Å². The molecule has 0 saturated carbocycles. The summed E-state index contributed by atoms with van der Waals surface area (Å²) in [5.41, 5.74) is 1.75. The van der Waals surface area contributed by atoms with Crippen LogP contribution >= 0.6 is 0 Å². The van der Waals surface area contributed by atoms with Gasteiger partial charge in [0.25, 0.3) is 0 Å². The van der Waals surface area contributed by atoms with Gasteiger partial charge in [0, 0.05) is 18.5 Å². The molecule has 2 unspecified atom stereocenters. The number of benzene rings is 1. The molecular formula is C16H22N2O. The lowest BCUT2D eigenvalue weighted by atomic mass is 9.86. The largest absolute Gasteiger partial charge is 0.378 e. The molecule has 1 aromatic rings. The van der Waals surface area contributed by atoms with Gasteiger partial charge in [0.2, 0.25) is 0 Å². The summed E-state index contributed by atoms with van der Waals surface area (Å²) in [5, 5.41) is 13.0. The number of hydrogen-bond acceptors (Lipinski definition) is 3. The van der Waals surface area contributed by atoms with E-state index in [2.05, 4.69) is 37.4 Å². The molecule has 2 rings (SSSR count). The van der Waals surface area contributed by atoms with Gasteiger partial charge < -0.3 is 10.1 Å². The van der Waals surface area contributed by atoms with Crippen LogP contribution in [0.4, 0.5) is 5.69 Å². The van der Waals surface area contributed by atoms with E-state index in [1.807, 2.05) is 12.1 Å². The molecule has 1 aliphatic heterocycles. The fraction of sp³-hybridized carbons (Fsp3) is 0.562. The van der Waals surface area contributed by atoms with Crippen LogP contribution < -0.4 is 5.32 Å². The van der Waals surface area contributed by atoms with Gasteiger partial charge in [-0.05, 0) is 31.0 Å². The van der Waals surface area contributed by atoms with Crippen LogP contribution in [0.3, 0.4) is 0 Å². The zero-order valence-electron chi connectivity index (χ0n) is 11.8. The topological polar surface area (TPSA) is 45.0 Å². The number of aryl methyl sites for hydroxylation is 1. The molecule has 0 aliphatic carbocycles. The number of hydrogen-bond donors (Lipinski definition) is 1. The monoisotopic (exact) mass is 258 g/mol. The Balaban J connectivity index is 2.12. The van der Waals surface area contributed by atoms with Gasteiger partial charge in [-0.1, -0.05) is 25.5 Å². The van der Waals surface area contributed by atoms with Gasteiger partial charge in [0.05, 0.1) is 18.8 Å². The van der Waals surface area contributed by atoms with E-state index < -0.39 is 5.54 Å². The Bertz CT molecular complexity index is 464. The Morgan fingerprint density at radius 3 is 3.05 bits per heavy atom. The molecule has 102 valence electrons. The first-order valence-corrected chi connectivity index (χ1v) is 7.05. The van der Waals surface area contributed by atoms with Crippen LogP contribution in [0.25, 0.3) is 0 Å². The maximum absolute atomic E-state index is 9.59. The predicted octanol–water partition coefficient (Wildman–Crippen LogP) is 3.65. The summed E-state index contributed by atoms with van der Waals surface area (Å²) in [6.07, 6.45) is 3.84. The van der Waals surface area contributed by atoms with Crippen molar-refractivity contribution in [3.63, 3.8) is 0 Å². The summed E-state index contributed by atoms with van der Waals surface area (Å²) >= 11 is 0. The summed E-state index contributed by atoms with van der Waals surface area (Å²) < 4.78 is 5.75. The van der Waals surface area contributed by atoms with E-state index in [0.29, 0.717) is 6.61 Å². The SMILES string of the molecule is CCCC1CC(C#N)(Nc2cccc(C)c2)CCO1. The molecule has 19 heavy (non-hydrogen) atoms. The Morgan fingerprint density at radius 2 is 2.37 bits per heavy atom. The molecule has 3 heteroatoms. The van der Waals surface area contributed by atoms with Crippen LogP contribution in [-0.4, -0.2) is 18.2 Å². The minimum atomic E-state index is -0.480. The molecule has 1 aromatic carbocycles. The fourth-order valence-corrected chi connectivity index (χ4v) is 2.70. The van der Waals surface area contributed by atoms with Gasteiger partial charge in [-0.25, -0.2) is 0 Å². The third kappa shape index (κ3) is 3.48. The highest BCUT2D eigenvalue weighted by molar-refractivity contribution is 5.49. The van der Waals surface area contributed by atoms with Crippen molar-refractivity contribution in [2.24, 2.45) is 0 Å². The van der Waals surface area contributed by atoms with Crippen molar-refractivity contribution in [3.8, 4) is 6.07 Å². The van der Waals surface area contributed by atoms with Crippen molar-refractivity contribution in [3.05, 3.63) is 29.8 Å². The van der Waals surface area contributed by atoms with E-state index in [0.717, 1.165) is 31.4 Å². The van der Waals surface area contributed by atoms with Crippen LogP contribution in [0, 0.1) is 18.3 Å². The van der Waals surface area contributed by atoms with Crippen molar-refractivity contribution in [1.29, 1.82) is 5.26 Å². The Kier molecular flexibility index (Phi) is 4.44. The van der Waals surface area contributed by atoms with Gasteiger partial charge in [0.1, 0.15) is 5.54 Å². The molecule has 0 radical (unpaired) electrons. The Labute approximate surface area is 115 Å². The molecule has 3 nitrogen and oxygen atoms in total. The molecule has 1 saturated heterocycles. The molecule has 1 fully saturated rings. The zero-order chi connectivity index (χ0) is 13.7. The zero-order valence-corrected chi connectivity index (χ0v) is 11.8. The number of nitrogens with one attached hydrogen (secondary N) is 1. The quantitative estimate of drug-likeness (QED) is 0.896. The number of nitriles is 1. The van der Waals surface area contributed by atoms with Gasteiger partial charge in [-0.15, -0.1) is 0 Å². The molecule has 0 spiro atoms. The van der Waals surface area contributed by atoms with E-state index in [-0.39, 0.29) is 6.10 Å². The second-order valence-electron chi connectivity index (χ2n) is 5.42. The lowest BCUT2D eigenvalue weighted by Crippen LogP contribution is -2.45. The molecule has 1 aliphatic rings. The number of nitrogens with zero attached hydrogens (tertiary/aromatic N) is 1. The fourth-order valence-electron chi connectivity index (χ4n) is 2.70. The number of rotatable bonds is 4. The van der Waals surface area contributed by atoms with Crippen molar-refractivity contribution < 1.29 is 4.74 Å². The van der Waals surface area contributed by atoms with Gasteiger partial charge >= 0.3 is 0 Å². The van der Waals surface area contributed by atoms with E-state index in [9.17, 15) is 5.26 Å². The average Bonchev–Trinajstić information content (AvgIpc) is 2.39. The summed E-state index contributed by atoms with van der Waals surface area (Å²) in [7, 11) is 0. The Morgan fingerprint density at radius 1 is 1.53 bits per heavy atom. The smallest absolute Gasteiger partial charge is 0.130 e. The minimum absolute atomic E-state index is 0.204. The van der Waals surface area contributed by atoms with Gasteiger partial charge in [0.15, 0.2) is 0 Å². The maximum atomic E-state index is 9.59. The standard InChI is InChI=1S/C16H22N2O/c1-3-5-15-11-16(12-17,8-9-19-15)18-14-7-4-6-13(2)10-14/h4,6-7,10,15,18H,3,5,8-9,11H2,1-2H3. The van der Waals surface area contributed by atoms with Crippen molar-refractivity contribution >= 4 is 5.69 Å². The highest BCUT2D eigenvalue weighted by Gasteiger charge is 2.36. The van der Waals surface area contributed by atoms with Crippen LogP contribution in [0.2, 0.25) is 0 Å². The molecule has 1 N–H and O–H groups in total. The lowest BCUT2D eigenvalue weighted by Gasteiger charge is -2.37. The average molecular weight is 258 g/mol. The molecular weight excluding hydrogens is 236 g/mol. The maximum Gasteiger partial charge on any atom is 0.130 e. The van der Waals surface area contributed by atoms with Gasteiger partial charge in [-0.2, -0.15) is 5.26 Å². The third-order valence-corrected chi connectivity index (χ3v) is 3.68. The van der Waals surface area contributed by atoms with E-state index >= 15 is 0 Å². The highest BCUT2D eigenvalue weighted by atomic mass is 16.5. The highest BCUT2D eigenvalue weighted by Crippen LogP contribution is 2.30. The van der Waals surface area contributed by atoms with Crippen LogP contribution in [-0.2, 0) is 4.74 Å². The third-order valence-electron chi connectivity index (χ3n) is 3.68. The molecule has 0 aromatic heterocycles. The first-order valence-electron chi connectivity index (χ1n) is 7.05. The summed E-state index contributed by atoms with van der Waals surface area (Å²) in [6.45, 7) is 4.88. The molecule has 0 amide bonds. The van der Waals surface area contributed by atoms with Crippen molar-refractivity contribution in [2.75, 3.05) is 11.9 Å². The Hall–Kier alpha value is -1.53. The predicted molar refractivity (Wildman–Crippen MR) is 77.0 cm³/mol. The first-order chi connectivity index (χ1) is 9.17. The lowest BCUT2D eigenvalue weighted by molar-refractivity contribution is -0.00613. The van der Waals surface area contributed by atoms with Crippen LogP contribution in [0.1, 0.15) is 38.2 Å². The van der Waals surface area contributed by atoms with Crippen LogP contribution in [0.5, 0.6) is 0 Å². The van der Waals surface area contributed by atoms with Crippen molar-refractivity contribution in [1.82, 2.24) is 0 Å². The first kappa shape index (κ1) is 13.9. The number of ether oxygens (including phenoxy) is 1.